The molecule has 4 aromatic rings. The van der Waals surface area contributed by atoms with Crippen LogP contribution in [0.3, 0.4) is 0 Å². The minimum atomic E-state index is -0.869. The number of amides is 1. The summed E-state index contributed by atoms with van der Waals surface area (Å²) in [4.78, 5) is 29.4. The highest BCUT2D eigenvalue weighted by atomic mass is 35.5. The highest BCUT2D eigenvalue weighted by Gasteiger charge is 2.44. The molecule has 176 valence electrons. The molecule has 3 heterocycles. The summed E-state index contributed by atoms with van der Waals surface area (Å²) < 4.78 is 6.19. The van der Waals surface area contributed by atoms with E-state index in [2.05, 4.69) is 15.5 Å². The molecule has 9 heteroatoms. The normalized spacial score (nSPS) is 14.5. The van der Waals surface area contributed by atoms with E-state index in [4.69, 9.17) is 21.3 Å². The Balaban J connectivity index is 1.57. The number of ether oxygens (including phenoxy) is 1. The van der Waals surface area contributed by atoms with E-state index in [1.165, 1.54) is 11.3 Å². The topological polar surface area (TPSA) is 94.1 Å². The van der Waals surface area contributed by atoms with Crippen molar-refractivity contribution in [1.82, 2.24) is 15.2 Å². The molecule has 0 saturated heterocycles. The first-order chi connectivity index (χ1) is 16.8. The number of nitrogens with zero attached hydrogens (tertiary/aromatic N) is 3. The van der Waals surface area contributed by atoms with Gasteiger partial charge in [-0.2, -0.15) is 0 Å². The fourth-order valence-corrected chi connectivity index (χ4v) is 5.10. The molecule has 2 aromatic heterocycles. The van der Waals surface area contributed by atoms with Crippen LogP contribution in [0.4, 0.5) is 5.13 Å². The minimum absolute atomic E-state index is 0.179. The summed E-state index contributed by atoms with van der Waals surface area (Å²) >= 11 is 7.56. The fraction of sp³-hybridized carbons (Fsp3) is 0.192. The van der Waals surface area contributed by atoms with Crippen LogP contribution in [0.25, 0.3) is 11.3 Å². The summed E-state index contributed by atoms with van der Waals surface area (Å²) in [6.07, 6.45) is 0.716. The molecular formula is C26H21ClN4O3S. The molecule has 2 aromatic carbocycles. The number of aldehydes is 1. The van der Waals surface area contributed by atoms with Crippen LogP contribution in [0.1, 0.15) is 46.3 Å². The number of hydrogen-bond donors (Lipinski definition) is 1. The van der Waals surface area contributed by atoms with Crippen molar-refractivity contribution in [3.05, 3.63) is 81.3 Å². The molecule has 0 spiro atoms. The number of pyridine rings is 1. The Kier molecular flexibility index (Phi) is 5.86. The Labute approximate surface area is 211 Å². The van der Waals surface area contributed by atoms with Crippen LogP contribution in [0.2, 0.25) is 5.02 Å². The zero-order valence-electron chi connectivity index (χ0n) is 19.2. The first-order valence-electron chi connectivity index (χ1n) is 10.9. The third-order valence-corrected chi connectivity index (χ3v) is 7.20. The molecule has 7 nitrogen and oxygen atoms in total. The number of para-hydroxylation sites is 1. The molecule has 0 radical (unpaired) electrons. The van der Waals surface area contributed by atoms with E-state index in [-0.39, 0.29) is 11.8 Å². The average Bonchev–Trinajstić information content (AvgIpc) is 3.26. The van der Waals surface area contributed by atoms with Gasteiger partial charge in [0, 0.05) is 28.2 Å². The molecule has 1 aliphatic rings. The number of rotatable bonds is 5. The molecule has 35 heavy (non-hydrogen) atoms. The van der Waals surface area contributed by atoms with Crippen molar-refractivity contribution >= 4 is 40.3 Å². The molecule has 1 amide bonds. The number of carbonyl (C=O) groups is 2. The second-order valence-electron chi connectivity index (χ2n) is 8.82. The SMILES string of the molecule is Cc1nnc(NC(=O)C(C)(C)C2c3ccccc3Oc3nc(-c4ccc(C=O)c(Cl)c4)ccc32)s1. The maximum atomic E-state index is 13.5. The molecule has 1 N–H and O–H groups in total. The molecule has 1 atom stereocenters. The Hall–Kier alpha value is -3.62. The van der Waals surface area contributed by atoms with E-state index >= 15 is 0 Å². The van der Waals surface area contributed by atoms with Gasteiger partial charge in [-0.25, -0.2) is 4.98 Å². The van der Waals surface area contributed by atoms with Gasteiger partial charge in [-0.15, -0.1) is 10.2 Å². The van der Waals surface area contributed by atoms with Gasteiger partial charge in [-0.1, -0.05) is 67.1 Å². The van der Waals surface area contributed by atoms with Crippen LogP contribution in [0.5, 0.6) is 11.6 Å². The van der Waals surface area contributed by atoms with E-state index < -0.39 is 5.41 Å². The van der Waals surface area contributed by atoms with Gasteiger partial charge in [0.25, 0.3) is 0 Å². The van der Waals surface area contributed by atoms with Gasteiger partial charge in [0.05, 0.1) is 16.1 Å². The number of benzene rings is 2. The maximum absolute atomic E-state index is 13.5. The van der Waals surface area contributed by atoms with Crippen molar-refractivity contribution in [1.29, 1.82) is 0 Å². The van der Waals surface area contributed by atoms with Crippen molar-refractivity contribution in [3.8, 4) is 22.9 Å². The summed E-state index contributed by atoms with van der Waals surface area (Å²) in [7, 11) is 0. The van der Waals surface area contributed by atoms with E-state index in [1.54, 1.807) is 18.2 Å². The number of nitrogens with one attached hydrogen (secondary N) is 1. The van der Waals surface area contributed by atoms with E-state index in [0.29, 0.717) is 39.3 Å². The molecule has 0 aliphatic carbocycles. The lowest BCUT2D eigenvalue weighted by Gasteiger charge is -2.37. The van der Waals surface area contributed by atoms with Crippen LogP contribution in [0.15, 0.2) is 54.6 Å². The average molecular weight is 505 g/mol. The van der Waals surface area contributed by atoms with Gasteiger partial charge in [-0.3, -0.25) is 9.59 Å². The number of aryl methyl sites for hydroxylation is 1. The predicted octanol–water partition coefficient (Wildman–Crippen LogP) is 6.28. The van der Waals surface area contributed by atoms with Crippen LogP contribution >= 0.6 is 22.9 Å². The zero-order valence-corrected chi connectivity index (χ0v) is 20.8. The molecule has 1 unspecified atom stereocenters. The zero-order chi connectivity index (χ0) is 24.7. The molecular weight excluding hydrogens is 484 g/mol. The number of carbonyl (C=O) groups excluding carboxylic acids is 2. The van der Waals surface area contributed by atoms with Crippen molar-refractivity contribution in [2.45, 2.75) is 26.7 Å². The number of fused-ring (bicyclic) bond motifs is 2. The Morgan fingerprint density at radius 2 is 1.91 bits per heavy atom. The third kappa shape index (κ3) is 4.19. The lowest BCUT2D eigenvalue weighted by atomic mass is 9.69. The molecule has 1 aliphatic heterocycles. The lowest BCUT2D eigenvalue weighted by molar-refractivity contribution is -0.124. The van der Waals surface area contributed by atoms with Gasteiger partial charge in [0.1, 0.15) is 10.8 Å². The lowest BCUT2D eigenvalue weighted by Crippen LogP contribution is -2.38. The highest BCUT2D eigenvalue weighted by Crippen LogP contribution is 2.52. The fourth-order valence-electron chi connectivity index (χ4n) is 4.29. The summed E-state index contributed by atoms with van der Waals surface area (Å²) in [5.41, 5.74) is 2.65. The summed E-state index contributed by atoms with van der Waals surface area (Å²) in [6, 6.07) is 16.6. The minimum Gasteiger partial charge on any atom is -0.438 e. The van der Waals surface area contributed by atoms with Crippen LogP contribution in [-0.2, 0) is 4.79 Å². The quantitative estimate of drug-likeness (QED) is 0.321. The number of halogens is 1. The van der Waals surface area contributed by atoms with Crippen LogP contribution in [0, 0.1) is 12.3 Å². The monoisotopic (exact) mass is 504 g/mol. The smallest absolute Gasteiger partial charge is 0.232 e. The second-order valence-corrected chi connectivity index (χ2v) is 10.4. The standard InChI is InChI=1S/C26H21ClN4O3S/c1-14-30-31-25(35-14)29-24(33)26(2,3)22-17-6-4-5-7-21(17)34-23-18(22)10-11-20(28-23)15-8-9-16(13-32)19(27)12-15/h4-13,22H,1-3H3,(H,29,31,33). The number of aromatic nitrogens is 3. The Morgan fingerprint density at radius 1 is 1.11 bits per heavy atom. The largest absolute Gasteiger partial charge is 0.438 e. The predicted molar refractivity (Wildman–Crippen MR) is 135 cm³/mol. The number of anilines is 1. The Morgan fingerprint density at radius 3 is 2.63 bits per heavy atom. The summed E-state index contributed by atoms with van der Waals surface area (Å²) in [5, 5.41) is 12.5. The van der Waals surface area contributed by atoms with Crippen molar-refractivity contribution in [3.63, 3.8) is 0 Å². The van der Waals surface area contributed by atoms with E-state index in [9.17, 15) is 9.59 Å². The second kappa shape index (κ2) is 8.87. The van der Waals surface area contributed by atoms with Gasteiger partial charge < -0.3 is 10.1 Å². The van der Waals surface area contributed by atoms with Gasteiger partial charge in [0.15, 0.2) is 6.29 Å². The highest BCUT2D eigenvalue weighted by molar-refractivity contribution is 7.15. The van der Waals surface area contributed by atoms with Gasteiger partial charge in [-0.05, 0) is 31.2 Å². The van der Waals surface area contributed by atoms with Gasteiger partial charge in [0.2, 0.25) is 16.9 Å². The van der Waals surface area contributed by atoms with Crippen molar-refractivity contribution < 1.29 is 14.3 Å². The molecule has 0 saturated carbocycles. The first-order valence-corrected chi connectivity index (χ1v) is 12.1. The molecule has 5 rings (SSSR count). The third-order valence-electron chi connectivity index (χ3n) is 6.11. The van der Waals surface area contributed by atoms with Crippen molar-refractivity contribution in [2.75, 3.05) is 5.32 Å². The number of hydrogen-bond acceptors (Lipinski definition) is 7. The van der Waals surface area contributed by atoms with Gasteiger partial charge >= 0.3 is 0 Å². The first kappa shape index (κ1) is 23.1. The van der Waals surface area contributed by atoms with Crippen LogP contribution in [-0.4, -0.2) is 27.4 Å². The molecule has 0 bridgehead atoms. The summed E-state index contributed by atoms with van der Waals surface area (Å²) in [5.74, 6) is 0.576. The van der Waals surface area contributed by atoms with E-state index in [0.717, 1.165) is 21.7 Å². The van der Waals surface area contributed by atoms with Crippen LogP contribution < -0.4 is 10.1 Å². The summed E-state index contributed by atoms with van der Waals surface area (Å²) in [6.45, 7) is 5.64. The Bertz CT molecular complexity index is 1470. The molecule has 0 fully saturated rings. The maximum Gasteiger partial charge on any atom is 0.232 e. The van der Waals surface area contributed by atoms with Crippen molar-refractivity contribution in [2.24, 2.45) is 5.41 Å². The van der Waals surface area contributed by atoms with E-state index in [1.807, 2.05) is 57.2 Å².